The minimum Gasteiger partial charge on any atom is -0.481 e. The third kappa shape index (κ3) is 6.26. The topological polar surface area (TPSA) is 136 Å². The van der Waals surface area contributed by atoms with E-state index in [0.29, 0.717) is 50.7 Å². The Morgan fingerprint density at radius 2 is 1.64 bits per heavy atom. The molecule has 0 saturated carbocycles. The van der Waals surface area contributed by atoms with Crippen molar-refractivity contribution in [3.05, 3.63) is 90.3 Å². The Labute approximate surface area is 317 Å². The van der Waals surface area contributed by atoms with Gasteiger partial charge in [-0.05, 0) is 50.3 Å². The van der Waals surface area contributed by atoms with E-state index in [2.05, 4.69) is 31.6 Å². The summed E-state index contributed by atoms with van der Waals surface area (Å²) in [7, 11) is 4.63. The van der Waals surface area contributed by atoms with Crippen LogP contribution in [0.3, 0.4) is 0 Å². The van der Waals surface area contributed by atoms with Crippen molar-refractivity contribution in [1.29, 1.82) is 0 Å². The van der Waals surface area contributed by atoms with Gasteiger partial charge in [-0.2, -0.15) is 0 Å². The lowest BCUT2D eigenvalue weighted by atomic mass is 9.97. The molecule has 14 heteroatoms. The fraction of sp³-hybridized carbons (Fsp3) is 0.385. The van der Waals surface area contributed by atoms with Crippen LogP contribution >= 0.6 is 23.2 Å². The monoisotopic (exact) mass is 756 g/mol. The molecule has 2 atom stereocenters. The molecule has 2 fully saturated rings. The number of benzene rings is 2. The number of aryl methyl sites for hydroxylation is 3. The molecule has 5 heterocycles. The lowest BCUT2D eigenvalue weighted by molar-refractivity contribution is -0.119. The fourth-order valence-electron chi connectivity index (χ4n) is 8.05. The van der Waals surface area contributed by atoms with Crippen molar-refractivity contribution in [1.82, 2.24) is 34.3 Å². The van der Waals surface area contributed by atoms with Crippen LogP contribution in [0.1, 0.15) is 62.5 Å². The van der Waals surface area contributed by atoms with Crippen LogP contribution in [-0.2, 0) is 25.3 Å². The Balaban J connectivity index is 0.00000214. The third-order valence-electron chi connectivity index (χ3n) is 10.6. The van der Waals surface area contributed by atoms with E-state index in [9.17, 15) is 14.4 Å². The highest BCUT2D eigenvalue weighted by molar-refractivity contribution is 6.39. The average molecular weight is 758 g/mol. The van der Waals surface area contributed by atoms with Gasteiger partial charge in [0.25, 0.3) is 5.56 Å². The Morgan fingerprint density at radius 3 is 2.36 bits per heavy atom. The van der Waals surface area contributed by atoms with Gasteiger partial charge in [0, 0.05) is 61.9 Å². The largest absolute Gasteiger partial charge is 0.481 e. The van der Waals surface area contributed by atoms with Gasteiger partial charge in [0.05, 0.1) is 34.1 Å². The van der Waals surface area contributed by atoms with Crippen molar-refractivity contribution in [2.24, 2.45) is 14.1 Å². The molecule has 12 nitrogen and oxygen atoms in total. The van der Waals surface area contributed by atoms with Crippen molar-refractivity contribution >= 4 is 51.6 Å². The van der Waals surface area contributed by atoms with E-state index in [-0.39, 0.29) is 34.3 Å². The first-order valence-electron chi connectivity index (χ1n) is 17.9. The number of carbonyl (C=O) groups is 1. The molecular formula is C39H42Cl2N8O4. The second-order valence-electron chi connectivity index (χ2n) is 13.7. The molecule has 1 aliphatic carbocycles. The number of fused-ring (bicyclic) bond motifs is 2. The second-order valence-corrected chi connectivity index (χ2v) is 14.4. The summed E-state index contributed by atoms with van der Waals surface area (Å²) in [5, 5.41) is 7.48. The van der Waals surface area contributed by atoms with Crippen LogP contribution in [0.2, 0.25) is 10.0 Å². The molecule has 8 rings (SSSR count). The first kappa shape index (κ1) is 36.6. The quantitative estimate of drug-likeness (QED) is 0.199. The Kier molecular flexibility index (Phi) is 9.81. The highest BCUT2D eigenvalue weighted by Crippen LogP contribution is 2.47. The van der Waals surface area contributed by atoms with Crippen LogP contribution in [-0.4, -0.2) is 60.6 Å². The van der Waals surface area contributed by atoms with Crippen molar-refractivity contribution in [2.75, 3.05) is 25.5 Å². The number of hydrogen-bond donors (Lipinski definition) is 2. The van der Waals surface area contributed by atoms with E-state index in [1.165, 1.54) is 17.2 Å². The lowest BCUT2D eigenvalue weighted by Crippen LogP contribution is -2.44. The van der Waals surface area contributed by atoms with Gasteiger partial charge in [0.1, 0.15) is 17.0 Å². The molecule has 2 unspecified atom stereocenters. The highest BCUT2D eigenvalue weighted by atomic mass is 35.5. The maximum Gasteiger partial charge on any atom is 0.332 e. The van der Waals surface area contributed by atoms with Crippen molar-refractivity contribution < 1.29 is 9.53 Å². The number of methoxy groups -OCH3 is 1. The minimum absolute atomic E-state index is 0.124. The van der Waals surface area contributed by atoms with Gasteiger partial charge in [0.15, 0.2) is 5.65 Å². The SMILES string of the molecule is CC.COc1nc(-c2cccc(-c3cccc(Nc4nc(C)nc5c4c(=O)n(C)c(=O)n5C)c3Cl)c2Cl)cc2c1C(N1CCC3(CCC(=O)N3)C1)CC2. The number of anilines is 2. The van der Waals surface area contributed by atoms with Crippen molar-refractivity contribution in [2.45, 2.75) is 64.5 Å². The minimum atomic E-state index is -0.520. The summed E-state index contributed by atoms with van der Waals surface area (Å²) >= 11 is 14.3. The number of rotatable bonds is 6. The molecule has 2 aromatic carbocycles. The molecule has 2 saturated heterocycles. The molecule has 53 heavy (non-hydrogen) atoms. The summed E-state index contributed by atoms with van der Waals surface area (Å²) in [5.74, 6) is 1.35. The lowest BCUT2D eigenvalue weighted by Gasteiger charge is -2.28. The molecule has 3 aliphatic rings. The van der Waals surface area contributed by atoms with Crippen LogP contribution in [0.4, 0.5) is 11.5 Å². The van der Waals surface area contributed by atoms with E-state index in [4.69, 9.17) is 32.9 Å². The predicted octanol–water partition coefficient (Wildman–Crippen LogP) is 6.49. The molecule has 3 aromatic heterocycles. The number of nitrogens with zero attached hydrogens (tertiary/aromatic N) is 6. The summed E-state index contributed by atoms with van der Waals surface area (Å²) < 4.78 is 8.27. The van der Waals surface area contributed by atoms with E-state index in [1.807, 2.05) is 44.2 Å². The normalized spacial score (nSPS) is 19.3. The zero-order chi connectivity index (χ0) is 37.8. The molecule has 2 aliphatic heterocycles. The Bertz CT molecular complexity index is 2410. The third-order valence-corrected chi connectivity index (χ3v) is 11.4. The van der Waals surface area contributed by atoms with E-state index in [1.54, 1.807) is 27.1 Å². The number of pyridine rings is 1. The summed E-state index contributed by atoms with van der Waals surface area (Å²) in [6.07, 6.45) is 4.27. The van der Waals surface area contributed by atoms with Crippen molar-refractivity contribution in [3.63, 3.8) is 0 Å². The van der Waals surface area contributed by atoms with Crippen LogP contribution in [0.15, 0.2) is 52.1 Å². The molecule has 0 bridgehead atoms. The van der Waals surface area contributed by atoms with Gasteiger partial charge in [-0.1, -0.05) is 67.4 Å². The number of amides is 1. The maximum atomic E-state index is 13.2. The predicted molar refractivity (Wildman–Crippen MR) is 208 cm³/mol. The van der Waals surface area contributed by atoms with Crippen LogP contribution in [0.5, 0.6) is 5.88 Å². The molecule has 0 radical (unpaired) electrons. The van der Waals surface area contributed by atoms with Crippen LogP contribution < -0.4 is 26.6 Å². The number of carbonyl (C=O) groups excluding carboxylic acids is 1. The molecule has 1 spiro atoms. The van der Waals surface area contributed by atoms with Crippen LogP contribution in [0.25, 0.3) is 33.4 Å². The standard InChI is InChI=1S/C37H36Cl2N8O4.C2H6/c1-19-40-32(29-33(41-19)45(2)36(50)46(3)35(29)49)42-24-10-6-8-22(31(24)39)21-7-5-9-23(30(21)38)25-17-20-11-12-26(28(20)34(43-25)51-4)47-16-15-37(18-47)14-13-27(48)44-37;1-2/h5-10,17,26H,11-16,18H2,1-4H3,(H,44,48)(H,40,41,42);1-2H3. The molecular weight excluding hydrogens is 715 g/mol. The number of nitrogens with one attached hydrogen (secondary N) is 2. The Morgan fingerprint density at radius 1 is 0.925 bits per heavy atom. The number of ether oxygens (including phenoxy) is 1. The average Bonchev–Trinajstić information content (AvgIpc) is 3.88. The first-order chi connectivity index (χ1) is 25.5. The summed E-state index contributed by atoms with van der Waals surface area (Å²) in [5.41, 5.74) is 4.68. The number of hydrogen-bond acceptors (Lipinski definition) is 9. The molecule has 2 N–H and O–H groups in total. The highest BCUT2D eigenvalue weighted by Gasteiger charge is 2.46. The number of halogens is 2. The first-order valence-corrected chi connectivity index (χ1v) is 18.7. The van der Waals surface area contributed by atoms with Gasteiger partial charge >= 0.3 is 5.69 Å². The summed E-state index contributed by atoms with van der Waals surface area (Å²) in [6.45, 7) is 7.44. The zero-order valence-corrected chi connectivity index (χ0v) is 32.2. The van der Waals surface area contributed by atoms with E-state index >= 15 is 0 Å². The smallest absolute Gasteiger partial charge is 0.332 e. The number of likely N-dealkylation sites (tertiary alicyclic amines) is 1. The number of aromatic nitrogens is 5. The van der Waals surface area contributed by atoms with Gasteiger partial charge < -0.3 is 15.4 Å². The maximum absolute atomic E-state index is 13.2. The zero-order valence-electron chi connectivity index (χ0n) is 30.6. The molecule has 276 valence electrons. The molecule has 1 amide bonds. The van der Waals surface area contributed by atoms with Gasteiger partial charge in [-0.25, -0.2) is 19.7 Å². The van der Waals surface area contributed by atoms with Crippen molar-refractivity contribution in [3.8, 4) is 28.3 Å². The van der Waals surface area contributed by atoms with Gasteiger partial charge in [-0.15, -0.1) is 0 Å². The van der Waals surface area contributed by atoms with Gasteiger partial charge in [0.2, 0.25) is 11.8 Å². The fourth-order valence-corrected chi connectivity index (χ4v) is 8.65. The van der Waals surface area contributed by atoms with Crippen LogP contribution in [0, 0.1) is 6.92 Å². The Hall–Kier alpha value is -4.78. The van der Waals surface area contributed by atoms with E-state index < -0.39 is 11.2 Å². The summed E-state index contributed by atoms with van der Waals surface area (Å²) in [6, 6.07) is 13.5. The van der Waals surface area contributed by atoms with Gasteiger partial charge in [-0.3, -0.25) is 23.6 Å². The van der Waals surface area contributed by atoms with E-state index in [0.717, 1.165) is 54.5 Å². The molecule has 5 aromatic rings. The summed E-state index contributed by atoms with van der Waals surface area (Å²) in [4.78, 5) is 54.2. The second kappa shape index (κ2) is 14.2.